The van der Waals surface area contributed by atoms with Crippen molar-refractivity contribution in [3.8, 4) is 0 Å². The van der Waals surface area contributed by atoms with E-state index in [2.05, 4.69) is 6.58 Å². The maximum absolute atomic E-state index is 13.1. The van der Waals surface area contributed by atoms with E-state index in [0.717, 1.165) is 11.1 Å². The number of rotatable bonds is 7. The summed E-state index contributed by atoms with van der Waals surface area (Å²) in [5.41, 5.74) is 2.11. The summed E-state index contributed by atoms with van der Waals surface area (Å²) < 4.78 is 5.34. The molecule has 4 heteroatoms. The van der Waals surface area contributed by atoms with Gasteiger partial charge < -0.3 is 4.74 Å². The number of nitrogens with zero attached hydrogens (tertiary/aromatic N) is 1. The lowest BCUT2D eigenvalue weighted by molar-refractivity contribution is -0.133. The fraction of sp³-hybridized carbons (Fsp3) is 0.304. The number of carbonyl (C=O) groups excluding carboxylic acids is 2. The average Bonchev–Trinajstić information content (AvgIpc) is 3.08. The van der Waals surface area contributed by atoms with E-state index in [1.807, 2.05) is 67.6 Å². The van der Waals surface area contributed by atoms with E-state index >= 15 is 0 Å². The number of ether oxygens (including phenoxy) is 1. The van der Waals surface area contributed by atoms with Gasteiger partial charge in [-0.2, -0.15) is 0 Å². The summed E-state index contributed by atoms with van der Waals surface area (Å²) in [6, 6.07) is 19.6. The zero-order valence-corrected chi connectivity index (χ0v) is 15.6. The van der Waals surface area contributed by atoms with Gasteiger partial charge in [-0.1, -0.05) is 73.7 Å². The standard InChI is InChI=1S/C23H25NO3/c1-3-11-17(4-2)22(25)24-20(16-27-23(24)26)21(18-12-7-5-8-13-18)19-14-9-6-10-15-19/h3,5-10,12-15,17,20-21H,1,4,11,16H2,2H3/t17-,20+/m1/s1. The fourth-order valence-corrected chi connectivity index (χ4v) is 3.73. The molecule has 3 rings (SSSR count). The first-order valence-corrected chi connectivity index (χ1v) is 9.38. The van der Waals surface area contributed by atoms with Gasteiger partial charge in [0.1, 0.15) is 6.61 Å². The third-order valence-electron chi connectivity index (χ3n) is 5.14. The molecule has 0 radical (unpaired) electrons. The predicted molar refractivity (Wildman–Crippen MR) is 105 cm³/mol. The first-order chi connectivity index (χ1) is 13.2. The number of imide groups is 1. The molecule has 2 atom stereocenters. The van der Waals surface area contributed by atoms with Gasteiger partial charge in [-0.15, -0.1) is 6.58 Å². The van der Waals surface area contributed by atoms with E-state index in [0.29, 0.717) is 12.8 Å². The van der Waals surface area contributed by atoms with Gasteiger partial charge in [0.15, 0.2) is 0 Å². The lowest BCUT2D eigenvalue weighted by Gasteiger charge is -2.30. The first kappa shape index (κ1) is 18.9. The van der Waals surface area contributed by atoms with Crippen molar-refractivity contribution in [2.45, 2.75) is 31.7 Å². The number of allylic oxidation sites excluding steroid dienone is 1. The zero-order chi connectivity index (χ0) is 19.2. The van der Waals surface area contributed by atoms with E-state index in [4.69, 9.17) is 4.74 Å². The van der Waals surface area contributed by atoms with Crippen LogP contribution in [0.1, 0.15) is 36.8 Å². The monoisotopic (exact) mass is 363 g/mol. The van der Waals surface area contributed by atoms with Gasteiger partial charge >= 0.3 is 6.09 Å². The van der Waals surface area contributed by atoms with Crippen LogP contribution in [-0.4, -0.2) is 29.5 Å². The maximum Gasteiger partial charge on any atom is 0.417 e. The number of benzene rings is 2. The quantitative estimate of drug-likeness (QED) is 0.666. The molecule has 0 saturated carbocycles. The lowest BCUT2D eigenvalue weighted by atomic mass is 9.84. The van der Waals surface area contributed by atoms with Crippen LogP contribution >= 0.6 is 0 Å². The first-order valence-electron chi connectivity index (χ1n) is 9.38. The van der Waals surface area contributed by atoms with Crippen LogP contribution in [0.25, 0.3) is 0 Å². The fourth-order valence-electron chi connectivity index (χ4n) is 3.73. The Kier molecular flexibility index (Phi) is 6.07. The Morgan fingerprint density at radius 3 is 2.19 bits per heavy atom. The molecule has 27 heavy (non-hydrogen) atoms. The Hall–Kier alpha value is -2.88. The van der Waals surface area contributed by atoms with E-state index in [9.17, 15) is 9.59 Å². The molecule has 1 aliphatic rings. The molecular formula is C23H25NO3. The van der Waals surface area contributed by atoms with Gasteiger partial charge in [0.2, 0.25) is 5.91 Å². The summed E-state index contributed by atoms with van der Waals surface area (Å²) in [5, 5.41) is 0. The minimum absolute atomic E-state index is 0.135. The molecule has 140 valence electrons. The van der Waals surface area contributed by atoms with Crippen molar-refractivity contribution in [2.24, 2.45) is 5.92 Å². The minimum Gasteiger partial charge on any atom is -0.447 e. The van der Waals surface area contributed by atoms with Crippen molar-refractivity contribution in [1.82, 2.24) is 4.90 Å². The summed E-state index contributed by atoms with van der Waals surface area (Å²) in [6.45, 7) is 5.89. The van der Waals surface area contributed by atoms with Crippen LogP contribution in [-0.2, 0) is 9.53 Å². The van der Waals surface area contributed by atoms with E-state index in [1.54, 1.807) is 6.08 Å². The van der Waals surface area contributed by atoms with Crippen LogP contribution in [0.15, 0.2) is 73.3 Å². The van der Waals surface area contributed by atoms with E-state index in [-0.39, 0.29) is 30.4 Å². The highest BCUT2D eigenvalue weighted by Gasteiger charge is 2.44. The van der Waals surface area contributed by atoms with Gasteiger partial charge in [0, 0.05) is 11.8 Å². The van der Waals surface area contributed by atoms with Gasteiger partial charge in [-0.25, -0.2) is 9.69 Å². The van der Waals surface area contributed by atoms with Crippen molar-refractivity contribution in [1.29, 1.82) is 0 Å². The maximum atomic E-state index is 13.1. The number of hydrogen-bond acceptors (Lipinski definition) is 3. The summed E-state index contributed by atoms with van der Waals surface area (Å²) >= 11 is 0. The van der Waals surface area contributed by atoms with Crippen molar-refractivity contribution in [3.63, 3.8) is 0 Å². The molecule has 1 heterocycles. The van der Waals surface area contributed by atoms with Crippen molar-refractivity contribution in [2.75, 3.05) is 6.61 Å². The van der Waals surface area contributed by atoms with Gasteiger partial charge in [-0.3, -0.25) is 4.79 Å². The predicted octanol–water partition coefficient (Wildman–Crippen LogP) is 4.77. The summed E-state index contributed by atoms with van der Waals surface area (Å²) in [4.78, 5) is 26.9. The molecule has 0 aromatic heterocycles. The van der Waals surface area contributed by atoms with Gasteiger partial charge in [-0.05, 0) is 24.0 Å². The molecule has 2 aromatic carbocycles. The Morgan fingerprint density at radius 2 is 1.70 bits per heavy atom. The molecule has 0 unspecified atom stereocenters. The van der Waals surface area contributed by atoms with Gasteiger partial charge in [0.05, 0.1) is 6.04 Å². The van der Waals surface area contributed by atoms with Crippen LogP contribution in [0.4, 0.5) is 4.79 Å². The van der Waals surface area contributed by atoms with Crippen molar-refractivity contribution in [3.05, 3.63) is 84.4 Å². The Balaban J connectivity index is 2.01. The smallest absolute Gasteiger partial charge is 0.417 e. The minimum atomic E-state index is -0.552. The molecule has 1 saturated heterocycles. The van der Waals surface area contributed by atoms with Crippen LogP contribution in [0.2, 0.25) is 0 Å². The van der Waals surface area contributed by atoms with Crippen LogP contribution in [0.5, 0.6) is 0 Å². The number of hydrogen-bond donors (Lipinski definition) is 0. The highest BCUT2D eigenvalue weighted by molar-refractivity contribution is 5.95. The molecule has 4 nitrogen and oxygen atoms in total. The highest BCUT2D eigenvalue weighted by Crippen LogP contribution is 2.35. The molecular weight excluding hydrogens is 338 g/mol. The molecule has 0 aliphatic carbocycles. The summed E-state index contributed by atoms with van der Waals surface area (Å²) in [6.07, 6.45) is 2.38. The molecule has 0 N–H and O–H groups in total. The van der Waals surface area contributed by atoms with Crippen LogP contribution in [0.3, 0.4) is 0 Å². The zero-order valence-electron chi connectivity index (χ0n) is 15.6. The second-order valence-electron chi connectivity index (χ2n) is 6.78. The Bertz CT molecular complexity index is 748. The lowest BCUT2D eigenvalue weighted by Crippen LogP contribution is -2.45. The average molecular weight is 363 g/mol. The highest BCUT2D eigenvalue weighted by atomic mass is 16.6. The number of cyclic esters (lactones) is 1. The third-order valence-corrected chi connectivity index (χ3v) is 5.14. The molecule has 0 bridgehead atoms. The van der Waals surface area contributed by atoms with Gasteiger partial charge in [0.25, 0.3) is 0 Å². The summed E-state index contributed by atoms with van der Waals surface area (Å²) in [7, 11) is 0. The van der Waals surface area contributed by atoms with Crippen LogP contribution in [0, 0.1) is 5.92 Å². The largest absolute Gasteiger partial charge is 0.447 e. The Labute approximate surface area is 160 Å². The number of amides is 2. The van der Waals surface area contributed by atoms with E-state index in [1.165, 1.54) is 4.90 Å². The van der Waals surface area contributed by atoms with Crippen LogP contribution < -0.4 is 0 Å². The molecule has 2 amide bonds. The normalized spacial score (nSPS) is 17.6. The molecule has 1 aliphatic heterocycles. The second-order valence-corrected chi connectivity index (χ2v) is 6.78. The molecule has 0 spiro atoms. The SMILES string of the molecule is C=CC[C@@H](CC)C(=O)N1C(=O)OC[C@H]1C(c1ccccc1)c1ccccc1. The third kappa shape index (κ3) is 3.95. The number of carbonyl (C=O) groups is 2. The molecule has 1 fully saturated rings. The van der Waals surface area contributed by atoms with Crippen molar-refractivity contribution >= 4 is 12.0 Å². The van der Waals surface area contributed by atoms with E-state index < -0.39 is 6.09 Å². The topological polar surface area (TPSA) is 46.6 Å². The second kappa shape index (κ2) is 8.67. The summed E-state index contributed by atoms with van der Waals surface area (Å²) in [5.74, 6) is -0.575. The van der Waals surface area contributed by atoms with Crippen molar-refractivity contribution < 1.29 is 14.3 Å². The molecule has 2 aromatic rings. The Morgan fingerprint density at radius 1 is 1.15 bits per heavy atom.